The van der Waals surface area contributed by atoms with Gasteiger partial charge in [-0.1, -0.05) is 0 Å². The fourth-order valence-corrected chi connectivity index (χ4v) is 3.29. The lowest BCUT2D eigenvalue weighted by molar-refractivity contribution is 0.0953. The third-order valence-electron chi connectivity index (χ3n) is 4.82. The summed E-state index contributed by atoms with van der Waals surface area (Å²) in [4.78, 5) is 20.2. The zero-order chi connectivity index (χ0) is 21.6. The number of aromatic nitrogens is 4. The largest absolute Gasteiger partial charge is 0.493 e. The summed E-state index contributed by atoms with van der Waals surface area (Å²) >= 11 is 0. The number of aromatic amines is 1. The Hall–Kier alpha value is -3.81. The first kappa shape index (κ1) is 20.5. The number of carbonyl (C=O) groups excluding carboxylic acids is 1. The van der Waals surface area contributed by atoms with E-state index in [1.165, 1.54) is 18.5 Å². The van der Waals surface area contributed by atoms with Crippen LogP contribution in [-0.2, 0) is 6.42 Å². The number of ether oxygens (including phenoxy) is 1. The molecule has 0 fully saturated rings. The number of rotatable bonds is 8. The minimum absolute atomic E-state index is 0.175. The number of nitrogens with zero attached hydrogens (tertiary/aromatic N) is 3. The molecule has 0 saturated heterocycles. The van der Waals surface area contributed by atoms with Crippen LogP contribution < -0.4 is 10.1 Å². The Balaban J connectivity index is 1.56. The molecule has 0 aliphatic rings. The predicted molar refractivity (Wildman–Crippen MR) is 115 cm³/mol. The molecule has 4 aromatic rings. The molecular formula is C23H22FN5O2. The van der Waals surface area contributed by atoms with Crippen molar-refractivity contribution in [3.05, 3.63) is 72.1 Å². The van der Waals surface area contributed by atoms with Gasteiger partial charge in [0.1, 0.15) is 23.7 Å². The summed E-state index contributed by atoms with van der Waals surface area (Å²) < 4.78 is 19.1. The molecule has 4 rings (SSSR count). The van der Waals surface area contributed by atoms with Crippen molar-refractivity contribution in [1.29, 1.82) is 0 Å². The fraction of sp³-hybridized carbons (Fsp3) is 0.217. The van der Waals surface area contributed by atoms with Crippen LogP contribution in [0.2, 0.25) is 0 Å². The van der Waals surface area contributed by atoms with E-state index in [9.17, 15) is 9.18 Å². The zero-order valence-corrected chi connectivity index (χ0v) is 17.1. The molecule has 2 N–H and O–H groups in total. The number of hydrogen-bond acceptors (Lipinski definition) is 5. The van der Waals surface area contributed by atoms with Gasteiger partial charge in [0.25, 0.3) is 5.91 Å². The van der Waals surface area contributed by atoms with Gasteiger partial charge in [0.15, 0.2) is 0 Å². The summed E-state index contributed by atoms with van der Waals surface area (Å²) in [5.74, 6) is 0.982. The van der Waals surface area contributed by atoms with Crippen LogP contribution >= 0.6 is 0 Å². The van der Waals surface area contributed by atoms with E-state index in [-0.39, 0.29) is 11.7 Å². The second-order valence-electron chi connectivity index (χ2n) is 6.97. The average Bonchev–Trinajstić information content (AvgIpc) is 3.30. The lowest BCUT2D eigenvalue weighted by atomic mass is 10.1. The van der Waals surface area contributed by atoms with E-state index in [0.29, 0.717) is 42.1 Å². The van der Waals surface area contributed by atoms with E-state index in [4.69, 9.17) is 4.74 Å². The molecule has 0 atom stereocenters. The third-order valence-corrected chi connectivity index (χ3v) is 4.82. The second kappa shape index (κ2) is 9.34. The number of aryl methyl sites for hydroxylation is 1. The molecule has 0 aliphatic carbocycles. The normalized spacial score (nSPS) is 10.9. The molecule has 2 heterocycles. The minimum atomic E-state index is -0.308. The number of amides is 1. The van der Waals surface area contributed by atoms with Crippen molar-refractivity contribution in [2.45, 2.75) is 19.8 Å². The number of H-pyrrole nitrogens is 1. The first-order valence-electron chi connectivity index (χ1n) is 10.1. The molecule has 31 heavy (non-hydrogen) atoms. The Morgan fingerprint density at radius 3 is 2.74 bits per heavy atom. The average molecular weight is 419 g/mol. The SMILES string of the molecule is CCOc1cc(-c2ccc(F)cc2)nc2cc(C(=O)NCCCc3nnc[nH]3)ccc12. The second-order valence-corrected chi connectivity index (χ2v) is 6.97. The highest BCUT2D eigenvalue weighted by Gasteiger charge is 2.12. The summed E-state index contributed by atoms with van der Waals surface area (Å²) in [6.45, 7) is 2.92. The number of fused-ring (bicyclic) bond motifs is 1. The Bertz CT molecular complexity index is 1180. The van der Waals surface area contributed by atoms with Gasteiger partial charge in [-0.25, -0.2) is 9.37 Å². The first-order valence-corrected chi connectivity index (χ1v) is 10.1. The topological polar surface area (TPSA) is 92.8 Å². The van der Waals surface area contributed by atoms with Crippen molar-refractivity contribution in [3.63, 3.8) is 0 Å². The van der Waals surface area contributed by atoms with Crippen molar-refractivity contribution in [2.24, 2.45) is 0 Å². The van der Waals surface area contributed by atoms with Gasteiger partial charge in [-0.2, -0.15) is 0 Å². The van der Waals surface area contributed by atoms with Crippen molar-refractivity contribution < 1.29 is 13.9 Å². The van der Waals surface area contributed by atoms with Crippen molar-refractivity contribution in [1.82, 2.24) is 25.5 Å². The number of halogens is 1. The Morgan fingerprint density at radius 2 is 2.00 bits per heavy atom. The number of nitrogens with one attached hydrogen (secondary N) is 2. The lowest BCUT2D eigenvalue weighted by Gasteiger charge is -2.12. The monoisotopic (exact) mass is 419 g/mol. The molecule has 2 aromatic heterocycles. The summed E-state index contributed by atoms with van der Waals surface area (Å²) in [5, 5.41) is 11.4. The van der Waals surface area contributed by atoms with E-state index in [1.54, 1.807) is 24.3 Å². The van der Waals surface area contributed by atoms with Gasteiger partial charge in [-0.3, -0.25) is 4.79 Å². The molecule has 0 spiro atoms. The number of benzene rings is 2. The van der Waals surface area contributed by atoms with Gasteiger partial charge in [0.2, 0.25) is 0 Å². The highest BCUT2D eigenvalue weighted by Crippen LogP contribution is 2.31. The third kappa shape index (κ3) is 4.85. The molecular weight excluding hydrogens is 397 g/mol. The van der Waals surface area contributed by atoms with E-state index in [1.807, 2.05) is 19.1 Å². The minimum Gasteiger partial charge on any atom is -0.493 e. The molecule has 2 aromatic carbocycles. The quantitative estimate of drug-likeness (QED) is 0.422. The van der Waals surface area contributed by atoms with E-state index in [0.717, 1.165) is 23.2 Å². The summed E-state index contributed by atoms with van der Waals surface area (Å²) in [6, 6.07) is 13.3. The highest BCUT2D eigenvalue weighted by atomic mass is 19.1. The van der Waals surface area contributed by atoms with Crippen LogP contribution in [0.15, 0.2) is 54.9 Å². The molecule has 0 bridgehead atoms. The van der Waals surface area contributed by atoms with Gasteiger partial charge in [-0.05, 0) is 55.8 Å². The van der Waals surface area contributed by atoms with Crippen LogP contribution in [0.1, 0.15) is 29.5 Å². The highest BCUT2D eigenvalue weighted by molar-refractivity contribution is 5.99. The molecule has 0 aliphatic heterocycles. The van der Waals surface area contributed by atoms with Crippen LogP contribution in [0.4, 0.5) is 4.39 Å². The summed E-state index contributed by atoms with van der Waals surface area (Å²) in [7, 11) is 0. The van der Waals surface area contributed by atoms with Gasteiger partial charge in [-0.15, -0.1) is 10.2 Å². The van der Waals surface area contributed by atoms with Gasteiger partial charge in [0, 0.05) is 35.5 Å². The molecule has 0 radical (unpaired) electrons. The lowest BCUT2D eigenvalue weighted by Crippen LogP contribution is -2.24. The fourth-order valence-electron chi connectivity index (χ4n) is 3.29. The zero-order valence-electron chi connectivity index (χ0n) is 17.1. The maximum Gasteiger partial charge on any atom is 0.251 e. The standard InChI is InChI=1S/C23H22FN5O2/c1-2-31-21-13-19(15-5-8-17(24)9-6-15)28-20-12-16(7-10-18(20)21)23(30)25-11-3-4-22-26-14-27-29-22/h5-10,12-14H,2-4,11H2,1H3,(H,25,30)(H,26,27,29). The van der Waals surface area contributed by atoms with Crippen LogP contribution in [0.25, 0.3) is 22.2 Å². The van der Waals surface area contributed by atoms with Gasteiger partial charge < -0.3 is 15.0 Å². The molecule has 0 unspecified atom stereocenters. The predicted octanol–water partition coefficient (Wildman–Crippen LogP) is 3.92. The molecule has 7 nitrogen and oxygen atoms in total. The molecule has 158 valence electrons. The van der Waals surface area contributed by atoms with Gasteiger partial charge in [0.05, 0.1) is 17.8 Å². The van der Waals surface area contributed by atoms with Crippen molar-refractivity contribution in [2.75, 3.05) is 13.2 Å². The van der Waals surface area contributed by atoms with Crippen LogP contribution in [0.5, 0.6) is 5.75 Å². The van der Waals surface area contributed by atoms with Crippen molar-refractivity contribution in [3.8, 4) is 17.0 Å². The van der Waals surface area contributed by atoms with Crippen LogP contribution in [0.3, 0.4) is 0 Å². The summed E-state index contributed by atoms with van der Waals surface area (Å²) in [6.07, 6.45) is 2.99. The van der Waals surface area contributed by atoms with Crippen LogP contribution in [0, 0.1) is 5.82 Å². The smallest absolute Gasteiger partial charge is 0.251 e. The summed E-state index contributed by atoms with van der Waals surface area (Å²) in [5.41, 5.74) is 2.57. The van der Waals surface area contributed by atoms with E-state index < -0.39 is 0 Å². The van der Waals surface area contributed by atoms with E-state index >= 15 is 0 Å². The maximum atomic E-state index is 13.3. The first-order chi connectivity index (χ1) is 15.1. The van der Waals surface area contributed by atoms with Crippen LogP contribution in [-0.4, -0.2) is 39.2 Å². The molecule has 8 heteroatoms. The maximum absolute atomic E-state index is 13.3. The Kier molecular flexibility index (Phi) is 6.16. The van der Waals surface area contributed by atoms with E-state index in [2.05, 4.69) is 25.5 Å². The number of pyridine rings is 1. The van der Waals surface area contributed by atoms with Gasteiger partial charge >= 0.3 is 0 Å². The Labute approximate surface area is 178 Å². The van der Waals surface area contributed by atoms with Crippen molar-refractivity contribution >= 4 is 16.8 Å². The molecule has 1 amide bonds. The Morgan fingerprint density at radius 1 is 1.16 bits per heavy atom. The number of hydrogen-bond donors (Lipinski definition) is 2. The molecule has 0 saturated carbocycles. The number of carbonyl (C=O) groups is 1.